The zero-order chi connectivity index (χ0) is 22.3. The van der Waals surface area contributed by atoms with Crippen molar-refractivity contribution in [3.05, 3.63) is 57.2 Å². The normalized spacial score (nSPS) is 17.2. The number of hydrogen-bond acceptors (Lipinski definition) is 5. The fourth-order valence-electron chi connectivity index (χ4n) is 3.81. The first kappa shape index (κ1) is 21.4. The van der Waals surface area contributed by atoms with Gasteiger partial charge in [-0.2, -0.15) is 0 Å². The van der Waals surface area contributed by atoms with Crippen LogP contribution in [0.3, 0.4) is 0 Å². The van der Waals surface area contributed by atoms with E-state index in [0.717, 1.165) is 16.8 Å². The van der Waals surface area contributed by atoms with Gasteiger partial charge in [0.15, 0.2) is 5.65 Å². The molecule has 1 atom stereocenters. The Kier molecular flexibility index (Phi) is 5.53. The number of benzene rings is 1. The van der Waals surface area contributed by atoms with E-state index in [2.05, 4.69) is 9.97 Å². The second-order valence-electron chi connectivity index (χ2n) is 8.58. The van der Waals surface area contributed by atoms with Gasteiger partial charge in [0, 0.05) is 12.2 Å². The summed E-state index contributed by atoms with van der Waals surface area (Å²) >= 11 is 6.42. The molecule has 2 aromatic heterocycles. The predicted octanol–water partition coefficient (Wildman–Crippen LogP) is 3.98. The standard InChI is InChI=1S/C22H25ClN4O4/c1-13-9-14(27-18(23)10-16-19(27)24-12-25-20(16)28)5-6-15(13)17-11-30-8-7-26(17)21(29)31-22(2,3)4/h5-6,9-10,12,17H,7-8,11H2,1-4H3,(H,24,25,28)/t17-/m1/s1. The molecular formula is C22H25ClN4O4. The molecule has 164 valence electrons. The van der Waals surface area contributed by atoms with E-state index in [1.54, 1.807) is 15.5 Å². The minimum Gasteiger partial charge on any atom is -0.444 e. The molecule has 0 unspecified atom stereocenters. The molecule has 0 aliphatic carbocycles. The van der Waals surface area contributed by atoms with Gasteiger partial charge in [0.2, 0.25) is 0 Å². The molecule has 1 fully saturated rings. The van der Waals surface area contributed by atoms with Crippen molar-refractivity contribution < 1.29 is 14.3 Å². The van der Waals surface area contributed by atoms with E-state index in [0.29, 0.717) is 35.9 Å². The lowest BCUT2D eigenvalue weighted by Crippen LogP contribution is -2.45. The van der Waals surface area contributed by atoms with Gasteiger partial charge in [0.25, 0.3) is 5.56 Å². The van der Waals surface area contributed by atoms with Gasteiger partial charge in [-0.1, -0.05) is 17.7 Å². The van der Waals surface area contributed by atoms with E-state index in [9.17, 15) is 9.59 Å². The second-order valence-corrected chi connectivity index (χ2v) is 8.96. The van der Waals surface area contributed by atoms with Gasteiger partial charge in [0.1, 0.15) is 10.8 Å². The lowest BCUT2D eigenvalue weighted by Gasteiger charge is -2.37. The topological polar surface area (TPSA) is 89.5 Å². The number of aromatic nitrogens is 3. The molecule has 1 aliphatic rings. The molecule has 8 nitrogen and oxygen atoms in total. The van der Waals surface area contributed by atoms with Crippen LogP contribution in [-0.4, -0.2) is 50.9 Å². The van der Waals surface area contributed by atoms with Gasteiger partial charge < -0.3 is 14.5 Å². The molecule has 9 heteroatoms. The maximum absolute atomic E-state index is 12.8. The Bertz CT molecular complexity index is 1190. The summed E-state index contributed by atoms with van der Waals surface area (Å²) in [5.74, 6) is 0. The van der Waals surface area contributed by atoms with Crippen LogP contribution >= 0.6 is 11.6 Å². The summed E-state index contributed by atoms with van der Waals surface area (Å²) in [5, 5.41) is 0.814. The molecular weight excluding hydrogens is 420 g/mol. The average molecular weight is 445 g/mol. The number of morpholine rings is 1. The van der Waals surface area contributed by atoms with E-state index < -0.39 is 5.60 Å². The number of amides is 1. The number of rotatable bonds is 2. The van der Waals surface area contributed by atoms with Crippen molar-refractivity contribution in [3.8, 4) is 5.69 Å². The summed E-state index contributed by atoms with van der Waals surface area (Å²) in [6, 6.07) is 7.17. The van der Waals surface area contributed by atoms with Crippen molar-refractivity contribution in [3.63, 3.8) is 0 Å². The number of hydrogen-bond donors (Lipinski definition) is 1. The first-order valence-corrected chi connectivity index (χ1v) is 10.5. The van der Waals surface area contributed by atoms with Crippen LogP contribution < -0.4 is 5.56 Å². The average Bonchev–Trinajstić information content (AvgIpc) is 3.04. The summed E-state index contributed by atoms with van der Waals surface area (Å²) in [6.45, 7) is 8.85. The van der Waals surface area contributed by atoms with Crippen LogP contribution in [0.4, 0.5) is 4.79 Å². The Hall–Kier alpha value is -2.84. The number of fused-ring (bicyclic) bond motifs is 1. The monoisotopic (exact) mass is 444 g/mol. The number of carbonyl (C=O) groups is 1. The molecule has 3 heterocycles. The molecule has 1 saturated heterocycles. The first-order valence-electron chi connectivity index (χ1n) is 10.1. The Labute approximate surface area is 184 Å². The lowest BCUT2D eigenvalue weighted by molar-refractivity contribution is -0.0332. The van der Waals surface area contributed by atoms with E-state index >= 15 is 0 Å². The highest BCUT2D eigenvalue weighted by Crippen LogP contribution is 2.31. The summed E-state index contributed by atoms with van der Waals surface area (Å²) in [6.07, 6.45) is 1.00. The highest BCUT2D eigenvalue weighted by molar-refractivity contribution is 6.31. The third-order valence-corrected chi connectivity index (χ3v) is 5.46. The van der Waals surface area contributed by atoms with Gasteiger partial charge in [0.05, 0.1) is 31.0 Å². The Balaban J connectivity index is 1.71. The molecule has 1 aliphatic heterocycles. The third kappa shape index (κ3) is 4.18. The summed E-state index contributed by atoms with van der Waals surface area (Å²) < 4.78 is 13.0. The second kappa shape index (κ2) is 8.01. The van der Waals surface area contributed by atoms with Crippen molar-refractivity contribution in [1.82, 2.24) is 19.4 Å². The number of nitrogens with one attached hydrogen (secondary N) is 1. The Morgan fingerprint density at radius 3 is 2.81 bits per heavy atom. The molecule has 0 bridgehead atoms. The number of carbonyl (C=O) groups excluding carboxylic acids is 1. The van der Waals surface area contributed by atoms with Crippen LogP contribution in [-0.2, 0) is 9.47 Å². The molecule has 1 aromatic carbocycles. The van der Waals surface area contributed by atoms with Crippen LogP contribution in [0.25, 0.3) is 16.7 Å². The fourth-order valence-corrected chi connectivity index (χ4v) is 4.10. The van der Waals surface area contributed by atoms with Crippen LogP contribution in [0.1, 0.15) is 37.9 Å². The van der Waals surface area contributed by atoms with Crippen LogP contribution in [0.5, 0.6) is 0 Å². The number of H-pyrrole nitrogens is 1. The van der Waals surface area contributed by atoms with Crippen molar-refractivity contribution in [2.24, 2.45) is 0 Å². The van der Waals surface area contributed by atoms with Crippen molar-refractivity contribution in [1.29, 1.82) is 0 Å². The molecule has 0 spiro atoms. The Morgan fingerprint density at radius 1 is 1.32 bits per heavy atom. The van der Waals surface area contributed by atoms with E-state index in [4.69, 9.17) is 21.1 Å². The molecule has 31 heavy (non-hydrogen) atoms. The van der Waals surface area contributed by atoms with Gasteiger partial charge in [-0.3, -0.25) is 14.3 Å². The lowest BCUT2D eigenvalue weighted by atomic mass is 9.99. The maximum Gasteiger partial charge on any atom is 0.410 e. The number of halogens is 1. The largest absolute Gasteiger partial charge is 0.444 e. The highest BCUT2D eigenvalue weighted by atomic mass is 35.5. The fraction of sp³-hybridized carbons (Fsp3) is 0.409. The number of aromatic amines is 1. The zero-order valence-electron chi connectivity index (χ0n) is 17.9. The SMILES string of the molecule is Cc1cc(-n2c(Cl)cc3c(=O)[nH]cnc32)ccc1[C@H]1COCCN1C(=O)OC(C)(C)C. The molecule has 1 amide bonds. The predicted molar refractivity (Wildman–Crippen MR) is 118 cm³/mol. The molecule has 4 rings (SSSR count). The molecule has 3 aromatic rings. The summed E-state index contributed by atoms with van der Waals surface area (Å²) in [7, 11) is 0. The Morgan fingerprint density at radius 2 is 2.10 bits per heavy atom. The van der Waals surface area contributed by atoms with E-state index in [1.165, 1.54) is 6.33 Å². The maximum atomic E-state index is 12.8. The van der Waals surface area contributed by atoms with Gasteiger partial charge in [-0.25, -0.2) is 9.78 Å². The number of nitrogens with zero attached hydrogens (tertiary/aromatic N) is 3. The van der Waals surface area contributed by atoms with Gasteiger partial charge in [-0.15, -0.1) is 0 Å². The minimum absolute atomic E-state index is 0.244. The summed E-state index contributed by atoms with van der Waals surface area (Å²) in [4.78, 5) is 33.4. The van der Waals surface area contributed by atoms with E-state index in [1.807, 2.05) is 45.9 Å². The van der Waals surface area contributed by atoms with Crippen molar-refractivity contribution in [2.45, 2.75) is 39.3 Å². The molecule has 0 radical (unpaired) electrons. The van der Waals surface area contributed by atoms with Crippen LogP contribution in [0.2, 0.25) is 5.15 Å². The quantitative estimate of drug-likeness (QED) is 0.645. The van der Waals surface area contributed by atoms with Crippen molar-refractivity contribution >= 4 is 28.7 Å². The third-order valence-electron chi connectivity index (χ3n) is 5.18. The molecule has 1 N–H and O–H groups in total. The minimum atomic E-state index is -0.573. The van der Waals surface area contributed by atoms with Crippen molar-refractivity contribution in [2.75, 3.05) is 19.8 Å². The number of aryl methyl sites for hydroxylation is 1. The number of ether oxygens (including phenoxy) is 2. The van der Waals surface area contributed by atoms with Gasteiger partial charge >= 0.3 is 6.09 Å². The first-order chi connectivity index (χ1) is 14.7. The highest BCUT2D eigenvalue weighted by Gasteiger charge is 2.33. The molecule has 0 saturated carbocycles. The smallest absolute Gasteiger partial charge is 0.410 e. The van der Waals surface area contributed by atoms with Crippen LogP contribution in [0, 0.1) is 6.92 Å². The van der Waals surface area contributed by atoms with Gasteiger partial charge in [-0.05, 0) is 57.0 Å². The zero-order valence-corrected chi connectivity index (χ0v) is 18.7. The summed E-state index contributed by atoms with van der Waals surface area (Å²) in [5.41, 5.74) is 2.37. The van der Waals surface area contributed by atoms with E-state index in [-0.39, 0.29) is 17.7 Å². The van der Waals surface area contributed by atoms with Crippen LogP contribution in [0.15, 0.2) is 35.4 Å².